The van der Waals surface area contributed by atoms with Crippen LogP contribution < -0.4 is 14.8 Å². The number of ether oxygens (including phenoxy) is 2. The van der Waals surface area contributed by atoms with Crippen LogP contribution in [0.4, 0.5) is 0 Å². The summed E-state index contributed by atoms with van der Waals surface area (Å²) >= 11 is 1.62. The van der Waals surface area contributed by atoms with E-state index in [0.717, 1.165) is 36.6 Å². The van der Waals surface area contributed by atoms with E-state index in [-0.39, 0.29) is 0 Å². The van der Waals surface area contributed by atoms with E-state index in [1.165, 1.54) is 10.4 Å². The lowest BCUT2D eigenvalue weighted by Gasteiger charge is -2.18. The second-order valence-electron chi connectivity index (χ2n) is 4.82. The number of rotatable bonds is 5. The number of benzene rings is 1. The van der Waals surface area contributed by atoms with Crippen molar-refractivity contribution in [1.29, 1.82) is 5.26 Å². The van der Waals surface area contributed by atoms with Crippen molar-refractivity contribution < 1.29 is 9.47 Å². The standard InChI is InChI=1S/C16H16N2O2S/c17-9-13-7-14(21-11-13)10-18-4-3-12-1-2-15-16(8-12)20-6-5-19-15/h1-2,7-8,11,18H,3-6,10H2. The maximum absolute atomic E-state index is 8.78. The molecule has 1 aliphatic heterocycles. The summed E-state index contributed by atoms with van der Waals surface area (Å²) in [5.41, 5.74) is 1.97. The molecule has 0 saturated heterocycles. The molecule has 4 nitrogen and oxygen atoms in total. The van der Waals surface area contributed by atoms with Gasteiger partial charge in [-0.25, -0.2) is 0 Å². The van der Waals surface area contributed by atoms with Gasteiger partial charge in [-0.2, -0.15) is 5.26 Å². The Morgan fingerprint density at radius 2 is 2.05 bits per heavy atom. The molecule has 1 aromatic heterocycles. The molecule has 108 valence electrons. The van der Waals surface area contributed by atoms with E-state index >= 15 is 0 Å². The summed E-state index contributed by atoms with van der Waals surface area (Å²) in [5.74, 6) is 1.68. The molecule has 5 heteroatoms. The highest BCUT2D eigenvalue weighted by Gasteiger charge is 2.11. The molecule has 2 heterocycles. The van der Waals surface area contributed by atoms with E-state index in [1.807, 2.05) is 17.5 Å². The van der Waals surface area contributed by atoms with Crippen LogP contribution in [0.2, 0.25) is 0 Å². The van der Waals surface area contributed by atoms with E-state index in [9.17, 15) is 0 Å². The summed E-state index contributed by atoms with van der Waals surface area (Å²) in [7, 11) is 0. The summed E-state index contributed by atoms with van der Waals surface area (Å²) in [6.07, 6.45) is 0.938. The Morgan fingerprint density at radius 1 is 1.19 bits per heavy atom. The monoisotopic (exact) mass is 300 g/mol. The van der Waals surface area contributed by atoms with Crippen molar-refractivity contribution in [1.82, 2.24) is 5.32 Å². The third-order valence-corrected chi connectivity index (χ3v) is 4.22. The SMILES string of the molecule is N#Cc1csc(CNCCc2ccc3c(c2)OCCO3)c1. The molecule has 0 radical (unpaired) electrons. The van der Waals surface area contributed by atoms with Gasteiger partial charge in [0.25, 0.3) is 0 Å². The highest BCUT2D eigenvalue weighted by Crippen LogP contribution is 2.30. The molecule has 3 rings (SSSR count). The number of hydrogen-bond acceptors (Lipinski definition) is 5. The van der Waals surface area contributed by atoms with Gasteiger partial charge in [0.2, 0.25) is 0 Å². The number of thiophene rings is 1. The highest BCUT2D eigenvalue weighted by molar-refractivity contribution is 7.10. The van der Waals surface area contributed by atoms with Crippen LogP contribution in [0.5, 0.6) is 11.5 Å². The molecule has 0 atom stereocenters. The zero-order valence-corrected chi connectivity index (χ0v) is 12.4. The second-order valence-corrected chi connectivity index (χ2v) is 5.81. The van der Waals surface area contributed by atoms with Crippen molar-refractivity contribution in [3.63, 3.8) is 0 Å². The molecule has 0 spiro atoms. The van der Waals surface area contributed by atoms with Crippen molar-refractivity contribution in [2.24, 2.45) is 0 Å². The smallest absolute Gasteiger partial charge is 0.161 e. The average molecular weight is 300 g/mol. The van der Waals surface area contributed by atoms with Crippen LogP contribution in [-0.4, -0.2) is 19.8 Å². The van der Waals surface area contributed by atoms with Crippen LogP contribution in [0, 0.1) is 11.3 Å². The van der Waals surface area contributed by atoms with E-state index in [2.05, 4.69) is 23.5 Å². The Labute approximate surface area is 127 Å². The number of nitrogens with one attached hydrogen (secondary N) is 1. The maximum Gasteiger partial charge on any atom is 0.161 e. The molecular formula is C16H16N2O2S. The van der Waals surface area contributed by atoms with Gasteiger partial charge >= 0.3 is 0 Å². The first-order valence-electron chi connectivity index (χ1n) is 6.92. The molecule has 0 unspecified atom stereocenters. The van der Waals surface area contributed by atoms with Crippen molar-refractivity contribution in [2.45, 2.75) is 13.0 Å². The molecule has 0 bridgehead atoms. The lowest BCUT2D eigenvalue weighted by Crippen LogP contribution is -2.17. The third-order valence-electron chi connectivity index (χ3n) is 3.28. The Morgan fingerprint density at radius 3 is 2.86 bits per heavy atom. The van der Waals surface area contributed by atoms with Gasteiger partial charge in [-0.05, 0) is 36.7 Å². The van der Waals surface area contributed by atoms with Crippen molar-refractivity contribution in [2.75, 3.05) is 19.8 Å². The van der Waals surface area contributed by atoms with Crippen LogP contribution in [0.15, 0.2) is 29.6 Å². The van der Waals surface area contributed by atoms with Gasteiger partial charge in [-0.3, -0.25) is 0 Å². The van der Waals surface area contributed by atoms with Gasteiger partial charge in [-0.15, -0.1) is 11.3 Å². The Balaban J connectivity index is 1.48. The summed E-state index contributed by atoms with van der Waals surface area (Å²) in [6.45, 7) is 2.93. The molecule has 21 heavy (non-hydrogen) atoms. The first-order valence-corrected chi connectivity index (χ1v) is 7.80. The zero-order chi connectivity index (χ0) is 14.5. The first-order chi connectivity index (χ1) is 10.3. The van der Waals surface area contributed by atoms with Gasteiger partial charge in [-0.1, -0.05) is 6.07 Å². The van der Waals surface area contributed by atoms with Crippen LogP contribution >= 0.6 is 11.3 Å². The second kappa shape index (κ2) is 6.61. The van der Waals surface area contributed by atoms with Gasteiger partial charge in [0.05, 0.1) is 5.56 Å². The minimum atomic E-state index is 0.619. The summed E-state index contributed by atoms with van der Waals surface area (Å²) < 4.78 is 11.1. The normalized spacial score (nSPS) is 12.9. The van der Waals surface area contributed by atoms with Crippen molar-refractivity contribution in [3.05, 3.63) is 45.6 Å². The van der Waals surface area contributed by atoms with Crippen molar-refractivity contribution >= 4 is 11.3 Å². The molecular weight excluding hydrogens is 284 g/mol. The number of fused-ring (bicyclic) bond motifs is 1. The van der Waals surface area contributed by atoms with E-state index in [1.54, 1.807) is 11.3 Å². The van der Waals surface area contributed by atoms with Crippen LogP contribution in [0.3, 0.4) is 0 Å². The van der Waals surface area contributed by atoms with Crippen LogP contribution in [0.25, 0.3) is 0 Å². The van der Waals surface area contributed by atoms with Gasteiger partial charge < -0.3 is 14.8 Å². The molecule has 0 aliphatic carbocycles. The highest BCUT2D eigenvalue weighted by atomic mass is 32.1. The molecule has 1 aliphatic rings. The molecule has 1 aromatic carbocycles. The van der Waals surface area contributed by atoms with E-state index in [0.29, 0.717) is 13.2 Å². The third kappa shape index (κ3) is 3.54. The molecule has 2 aromatic rings. The average Bonchev–Trinajstić information content (AvgIpc) is 2.99. The Hall–Kier alpha value is -2.03. The molecule has 0 saturated carbocycles. The predicted octanol–water partition coefficient (Wildman–Crippen LogP) is 2.72. The van der Waals surface area contributed by atoms with Crippen LogP contribution in [-0.2, 0) is 13.0 Å². The molecule has 0 amide bonds. The first kappa shape index (κ1) is 13.9. The number of nitrogens with zero attached hydrogens (tertiary/aromatic N) is 1. The Bertz CT molecular complexity index is 661. The van der Waals surface area contributed by atoms with E-state index < -0.39 is 0 Å². The topological polar surface area (TPSA) is 54.3 Å². The summed E-state index contributed by atoms with van der Waals surface area (Å²) in [6, 6.07) is 10.2. The largest absolute Gasteiger partial charge is 0.486 e. The lowest BCUT2D eigenvalue weighted by molar-refractivity contribution is 0.171. The van der Waals surface area contributed by atoms with Gasteiger partial charge in [0.1, 0.15) is 19.3 Å². The number of nitriles is 1. The fourth-order valence-electron chi connectivity index (χ4n) is 2.22. The fourth-order valence-corrected chi connectivity index (χ4v) is 3.00. The molecule has 0 fully saturated rings. The number of hydrogen-bond donors (Lipinski definition) is 1. The van der Waals surface area contributed by atoms with Crippen molar-refractivity contribution in [3.8, 4) is 17.6 Å². The zero-order valence-electron chi connectivity index (χ0n) is 11.6. The maximum atomic E-state index is 8.78. The summed E-state index contributed by atoms with van der Waals surface area (Å²) in [5, 5.41) is 14.1. The Kier molecular flexibility index (Phi) is 4.39. The van der Waals surface area contributed by atoms with E-state index in [4.69, 9.17) is 14.7 Å². The fraction of sp³-hybridized carbons (Fsp3) is 0.312. The quantitative estimate of drug-likeness (QED) is 0.863. The molecule has 1 N–H and O–H groups in total. The van der Waals surface area contributed by atoms with Crippen LogP contribution in [0.1, 0.15) is 16.0 Å². The minimum absolute atomic E-state index is 0.619. The summed E-state index contributed by atoms with van der Waals surface area (Å²) in [4.78, 5) is 1.19. The van der Waals surface area contributed by atoms with Gasteiger partial charge in [0.15, 0.2) is 11.5 Å². The lowest BCUT2D eigenvalue weighted by atomic mass is 10.1. The predicted molar refractivity (Wildman–Crippen MR) is 81.9 cm³/mol. The van der Waals surface area contributed by atoms with Gasteiger partial charge in [0, 0.05) is 16.8 Å². The minimum Gasteiger partial charge on any atom is -0.486 e.